The second kappa shape index (κ2) is 7.58. The van der Waals surface area contributed by atoms with E-state index in [2.05, 4.69) is 0 Å². The molecule has 4 nitrogen and oxygen atoms in total. The van der Waals surface area contributed by atoms with Crippen molar-refractivity contribution in [1.82, 2.24) is 4.90 Å². The van der Waals surface area contributed by atoms with E-state index in [1.165, 1.54) is 43.9 Å². The highest BCUT2D eigenvalue weighted by Crippen LogP contribution is 2.24. The zero-order chi connectivity index (χ0) is 12.7. The minimum Gasteiger partial charge on any atom is -0.481 e. The first kappa shape index (κ1) is 14.4. The van der Waals surface area contributed by atoms with Crippen molar-refractivity contribution in [3.8, 4) is 0 Å². The molecule has 1 aliphatic rings. The molecule has 1 N–H and O–H groups in total. The Morgan fingerprint density at radius 2 is 1.88 bits per heavy atom. The summed E-state index contributed by atoms with van der Waals surface area (Å²) in [6.45, 7) is 0.826. The number of amides is 1. The molecule has 0 bridgehead atoms. The van der Waals surface area contributed by atoms with Crippen molar-refractivity contribution in [2.75, 3.05) is 25.1 Å². The minimum absolute atomic E-state index is 0.00298. The van der Waals surface area contributed by atoms with Crippen LogP contribution < -0.4 is 0 Å². The van der Waals surface area contributed by atoms with Gasteiger partial charge in [0.25, 0.3) is 0 Å². The van der Waals surface area contributed by atoms with E-state index in [1.807, 2.05) is 7.05 Å². The van der Waals surface area contributed by atoms with Gasteiger partial charge < -0.3 is 10.0 Å². The SMILES string of the molecule is CN(CC1CCCCC1)C(=O)CSCC(=O)O. The Kier molecular flexibility index (Phi) is 6.40. The van der Waals surface area contributed by atoms with E-state index >= 15 is 0 Å². The maximum Gasteiger partial charge on any atom is 0.313 e. The Hall–Kier alpha value is -0.710. The van der Waals surface area contributed by atoms with Crippen LogP contribution in [0.3, 0.4) is 0 Å². The van der Waals surface area contributed by atoms with Gasteiger partial charge in [-0.2, -0.15) is 0 Å². The van der Waals surface area contributed by atoms with Crippen LogP contribution in [0.1, 0.15) is 32.1 Å². The lowest BCUT2D eigenvalue weighted by Gasteiger charge is -2.27. The fourth-order valence-corrected chi connectivity index (χ4v) is 2.87. The first-order chi connectivity index (χ1) is 8.09. The second-order valence-electron chi connectivity index (χ2n) is 4.66. The highest BCUT2D eigenvalue weighted by Gasteiger charge is 2.18. The molecule has 5 heteroatoms. The van der Waals surface area contributed by atoms with Crippen molar-refractivity contribution < 1.29 is 14.7 Å². The van der Waals surface area contributed by atoms with E-state index in [1.54, 1.807) is 4.90 Å². The number of aliphatic carboxylic acids is 1. The molecule has 0 unspecified atom stereocenters. The molecule has 0 aromatic heterocycles. The van der Waals surface area contributed by atoms with Gasteiger partial charge in [-0.1, -0.05) is 19.3 Å². The maximum absolute atomic E-state index is 11.7. The number of carboxylic acid groups (broad SMARTS) is 1. The molecular formula is C12H21NO3S. The van der Waals surface area contributed by atoms with Crippen LogP contribution in [-0.4, -0.2) is 47.0 Å². The first-order valence-electron chi connectivity index (χ1n) is 6.13. The molecule has 0 aromatic rings. The Morgan fingerprint density at radius 3 is 2.47 bits per heavy atom. The number of rotatable bonds is 6. The van der Waals surface area contributed by atoms with E-state index in [4.69, 9.17) is 5.11 Å². The molecule has 98 valence electrons. The quantitative estimate of drug-likeness (QED) is 0.791. The van der Waals surface area contributed by atoms with Crippen LogP contribution in [0, 0.1) is 5.92 Å². The average molecular weight is 259 g/mol. The third-order valence-corrected chi connectivity index (χ3v) is 4.04. The van der Waals surface area contributed by atoms with Gasteiger partial charge in [-0.3, -0.25) is 9.59 Å². The summed E-state index contributed by atoms with van der Waals surface area (Å²) < 4.78 is 0. The molecule has 0 saturated heterocycles. The van der Waals surface area contributed by atoms with Crippen LogP contribution in [0.4, 0.5) is 0 Å². The smallest absolute Gasteiger partial charge is 0.313 e. The summed E-state index contributed by atoms with van der Waals surface area (Å²) in [4.78, 5) is 23.8. The van der Waals surface area contributed by atoms with Gasteiger partial charge in [0.15, 0.2) is 0 Å². The summed E-state index contributed by atoms with van der Waals surface area (Å²) in [5.41, 5.74) is 0. The van der Waals surface area contributed by atoms with Gasteiger partial charge in [0.1, 0.15) is 0 Å². The number of nitrogens with zero attached hydrogens (tertiary/aromatic N) is 1. The summed E-state index contributed by atoms with van der Waals surface area (Å²) >= 11 is 1.17. The number of hydrogen-bond donors (Lipinski definition) is 1. The van der Waals surface area contributed by atoms with E-state index in [0.29, 0.717) is 5.92 Å². The van der Waals surface area contributed by atoms with Crippen molar-refractivity contribution in [3.63, 3.8) is 0 Å². The lowest BCUT2D eigenvalue weighted by Crippen LogP contribution is -2.34. The molecular weight excluding hydrogens is 238 g/mol. The molecule has 1 rings (SSSR count). The van der Waals surface area contributed by atoms with Crippen LogP contribution in [-0.2, 0) is 9.59 Å². The van der Waals surface area contributed by atoms with Crippen LogP contribution in [0.15, 0.2) is 0 Å². The van der Waals surface area contributed by atoms with Crippen molar-refractivity contribution >= 4 is 23.6 Å². The average Bonchev–Trinajstić information content (AvgIpc) is 2.29. The number of carbonyl (C=O) groups excluding carboxylic acids is 1. The predicted octanol–water partition coefficient (Wildman–Crippen LogP) is 1.84. The van der Waals surface area contributed by atoms with Crippen molar-refractivity contribution in [2.24, 2.45) is 5.92 Å². The molecule has 0 radical (unpaired) electrons. The number of carbonyl (C=O) groups is 2. The highest BCUT2D eigenvalue weighted by atomic mass is 32.2. The Balaban J connectivity index is 2.18. The summed E-state index contributed by atoms with van der Waals surface area (Å²) in [7, 11) is 1.82. The predicted molar refractivity (Wildman–Crippen MR) is 69.2 cm³/mol. The standard InChI is InChI=1S/C12H21NO3S/c1-13(7-10-5-3-2-4-6-10)11(14)8-17-9-12(15)16/h10H,2-9H2,1H3,(H,15,16). The lowest BCUT2D eigenvalue weighted by molar-refractivity contribution is -0.133. The largest absolute Gasteiger partial charge is 0.481 e. The van der Waals surface area contributed by atoms with Crippen LogP contribution in [0.2, 0.25) is 0 Å². The van der Waals surface area contributed by atoms with Crippen molar-refractivity contribution in [1.29, 1.82) is 0 Å². The molecule has 17 heavy (non-hydrogen) atoms. The molecule has 1 saturated carbocycles. The zero-order valence-electron chi connectivity index (χ0n) is 10.4. The van der Waals surface area contributed by atoms with Gasteiger partial charge >= 0.3 is 5.97 Å². The van der Waals surface area contributed by atoms with E-state index < -0.39 is 5.97 Å². The van der Waals surface area contributed by atoms with Gasteiger partial charge in [-0.15, -0.1) is 11.8 Å². The first-order valence-corrected chi connectivity index (χ1v) is 7.28. The monoisotopic (exact) mass is 259 g/mol. The van der Waals surface area contributed by atoms with Crippen LogP contribution in [0.5, 0.6) is 0 Å². The molecule has 0 aromatic carbocycles. The summed E-state index contributed by atoms with van der Waals surface area (Å²) in [5, 5.41) is 8.48. The third kappa shape index (κ3) is 5.96. The fraction of sp³-hybridized carbons (Fsp3) is 0.833. The number of thioether (sulfide) groups is 1. The fourth-order valence-electron chi connectivity index (χ4n) is 2.19. The minimum atomic E-state index is -0.863. The second-order valence-corrected chi connectivity index (χ2v) is 5.65. The molecule has 0 spiro atoms. The van der Waals surface area contributed by atoms with Crippen LogP contribution >= 0.6 is 11.8 Å². The topological polar surface area (TPSA) is 57.6 Å². The van der Waals surface area contributed by atoms with E-state index in [-0.39, 0.29) is 17.4 Å². The van der Waals surface area contributed by atoms with Gasteiger partial charge in [0, 0.05) is 13.6 Å². The molecule has 1 aliphatic carbocycles. The van der Waals surface area contributed by atoms with E-state index in [9.17, 15) is 9.59 Å². The van der Waals surface area contributed by atoms with Gasteiger partial charge in [0.2, 0.25) is 5.91 Å². The molecule has 0 atom stereocenters. The van der Waals surface area contributed by atoms with E-state index in [0.717, 1.165) is 6.54 Å². The van der Waals surface area contributed by atoms with Crippen molar-refractivity contribution in [2.45, 2.75) is 32.1 Å². The normalized spacial score (nSPS) is 16.8. The van der Waals surface area contributed by atoms with Gasteiger partial charge in [-0.25, -0.2) is 0 Å². The lowest BCUT2D eigenvalue weighted by atomic mass is 9.89. The highest BCUT2D eigenvalue weighted by molar-refractivity contribution is 8.00. The molecule has 1 amide bonds. The summed E-state index contributed by atoms with van der Waals surface area (Å²) in [6, 6.07) is 0. The number of carboxylic acids is 1. The van der Waals surface area contributed by atoms with Gasteiger partial charge in [-0.05, 0) is 18.8 Å². The Labute approximate surface area is 107 Å². The van der Waals surface area contributed by atoms with Gasteiger partial charge in [0.05, 0.1) is 11.5 Å². The molecule has 0 heterocycles. The maximum atomic E-state index is 11.7. The summed E-state index contributed by atoms with van der Waals surface area (Å²) in [6.07, 6.45) is 6.32. The third-order valence-electron chi connectivity index (χ3n) is 3.13. The zero-order valence-corrected chi connectivity index (χ0v) is 11.2. The molecule has 1 fully saturated rings. The summed E-state index contributed by atoms with van der Waals surface area (Å²) in [5.74, 6) is 0.0974. The van der Waals surface area contributed by atoms with Crippen molar-refractivity contribution in [3.05, 3.63) is 0 Å². The number of hydrogen-bond acceptors (Lipinski definition) is 3. The Bertz CT molecular complexity index is 264. The molecule has 0 aliphatic heterocycles. The van der Waals surface area contributed by atoms with Crippen LogP contribution in [0.25, 0.3) is 0 Å². The Morgan fingerprint density at radius 1 is 1.24 bits per heavy atom.